The number of anilines is 1. The van der Waals surface area contributed by atoms with Gasteiger partial charge in [0.1, 0.15) is 5.01 Å². The van der Waals surface area contributed by atoms with Crippen molar-refractivity contribution in [3.63, 3.8) is 0 Å². The van der Waals surface area contributed by atoms with Crippen LogP contribution in [0, 0.1) is 0 Å². The van der Waals surface area contributed by atoms with E-state index in [2.05, 4.69) is 21.7 Å². The lowest BCUT2D eigenvalue weighted by molar-refractivity contribution is -0.111. The second-order valence-corrected chi connectivity index (χ2v) is 7.62. The highest BCUT2D eigenvalue weighted by Gasteiger charge is 2.06. The minimum Gasteiger partial charge on any atom is -0.355 e. The van der Waals surface area contributed by atoms with Crippen LogP contribution < -0.4 is 10.6 Å². The zero-order chi connectivity index (χ0) is 20.9. The van der Waals surface area contributed by atoms with Crippen molar-refractivity contribution in [2.75, 3.05) is 12.4 Å². The maximum absolute atomic E-state index is 12.2. The lowest BCUT2D eigenvalue weighted by Crippen LogP contribution is -2.17. The van der Waals surface area contributed by atoms with E-state index in [9.17, 15) is 9.59 Å². The van der Waals surface area contributed by atoms with E-state index in [0.29, 0.717) is 11.3 Å². The standard InChI is InChI=1S/C24H19N3O2S/c1-25-23(29)17-9-6-16(7-10-17)8-15-22(28)26-19-13-11-18(12-14-19)24-27-20-4-2-3-5-21(20)30-24/h2-15H,1H3,(H,25,29)(H,26,28). The van der Waals surface area contributed by atoms with Gasteiger partial charge < -0.3 is 10.6 Å². The molecule has 5 nitrogen and oxygen atoms in total. The molecule has 0 atom stereocenters. The summed E-state index contributed by atoms with van der Waals surface area (Å²) in [6.07, 6.45) is 3.18. The predicted octanol–water partition coefficient (Wildman–Crippen LogP) is 4.97. The Balaban J connectivity index is 1.39. The maximum Gasteiger partial charge on any atom is 0.251 e. The number of benzene rings is 3. The number of para-hydroxylation sites is 1. The van der Waals surface area contributed by atoms with Crippen LogP contribution >= 0.6 is 11.3 Å². The first kappa shape index (κ1) is 19.5. The molecule has 0 saturated heterocycles. The van der Waals surface area contributed by atoms with Gasteiger partial charge in [0, 0.05) is 29.9 Å². The summed E-state index contributed by atoms with van der Waals surface area (Å²) < 4.78 is 1.15. The smallest absolute Gasteiger partial charge is 0.251 e. The van der Waals surface area contributed by atoms with Crippen LogP contribution in [-0.4, -0.2) is 23.8 Å². The number of hydrogen-bond donors (Lipinski definition) is 2. The minimum absolute atomic E-state index is 0.141. The minimum atomic E-state index is -0.224. The molecule has 0 saturated carbocycles. The fraction of sp³-hybridized carbons (Fsp3) is 0.0417. The molecule has 1 aromatic heterocycles. The summed E-state index contributed by atoms with van der Waals surface area (Å²) in [5, 5.41) is 6.38. The van der Waals surface area contributed by atoms with Crippen molar-refractivity contribution in [2.24, 2.45) is 0 Å². The van der Waals surface area contributed by atoms with Crippen molar-refractivity contribution < 1.29 is 9.59 Å². The molecule has 0 unspecified atom stereocenters. The van der Waals surface area contributed by atoms with Crippen molar-refractivity contribution >= 4 is 45.1 Å². The Morgan fingerprint density at radius 1 is 0.933 bits per heavy atom. The van der Waals surface area contributed by atoms with Gasteiger partial charge in [-0.25, -0.2) is 4.98 Å². The normalized spacial score (nSPS) is 11.0. The van der Waals surface area contributed by atoms with Crippen LogP contribution in [0.15, 0.2) is 78.9 Å². The fourth-order valence-corrected chi connectivity index (χ4v) is 3.91. The number of thiazole rings is 1. The molecule has 30 heavy (non-hydrogen) atoms. The van der Waals surface area contributed by atoms with E-state index in [-0.39, 0.29) is 11.8 Å². The molecule has 4 rings (SSSR count). The van der Waals surface area contributed by atoms with E-state index in [4.69, 9.17) is 0 Å². The third kappa shape index (κ3) is 4.45. The Bertz CT molecular complexity index is 1190. The molecule has 2 amide bonds. The lowest BCUT2D eigenvalue weighted by Gasteiger charge is -2.03. The number of fused-ring (bicyclic) bond motifs is 1. The number of aromatic nitrogens is 1. The lowest BCUT2D eigenvalue weighted by atomic mass is 10.1. The van der Waals surface area contributed by atoms with Crippen molar-refractivity contribution in [2.45, 2.75) is 0 Å². The summed E-state index contributed by atoms with van der Waals surface area (Å²) in [5.41, 5.74) is 4.13. The summed E-state index contributed by atoms with van der Waals surface area (Å²) in [4.78, 5) is 28.4. The molecule has 0 aliphatic rings. The van der Waals surface area contributed by atoms with E-state index >= 15 is 0 Å². The second kappa shape index (κ2) is 8.71. The summed E-state index contributed by atoms with van der Waals surface area (Å²) >= 11 is 1.65. The SMILES string of the molecule is CNC(=O)c1ccc(C=CC(=O)Nc2ccc(-c3nc4ccccc4s3)cc2)cc1. The average Bonchev–Trinajstić information content (AvgIpc) is 3.22. The van der Waals surface area contributed by atoms with E-state index < -0.39 is 0 Å². The first-order valence-electron chi connectivity index (χ1n) is 9.39. The first-order chi connectivity index (χ1) is 14.6. The highest BCUT2D eigenvalue weighted by Crippen LogP contribution is 2.30. The predicted molar refractivity (Wildman–Crippen MR) is 123 cm³/mol. The molecule has 0 spiro atoms. The van der Waals surface area contributed by atoms with Crippen molar-refractivity contribution in [3.8, 4) is 10.6 Å². The second-order valence-electron chi connectivity index (χ2n) is 6.59. The van der Waals surface area contributed by atoms with Crippen LogP contribution in [0.4, 0.5) is 5.69 Å². The summed E-state index contributed by atoms with van der Waals surface area (Å²) in [7, 11) is 1.59. The van der Waals surface area contributed by atoms with Crippen LogP contribution in [0.3, 0.4) is 0 Å². The zero-order valence-electron chi connectivity index (χ0n) is 16.3. The van der Waals surface area contributed by atoms with Gasteiger partial charge >= 0.3 is 0 Å². The Hall–Kier alpha value is -3.77. The molecule has 6 heteroatoms. The van der Waals surface area contributed by atoms with Crippen LogP contribution in [0.5, 0.6) is 0 Å². The Kier molecular flexibility index (Phi) is 5.68. The number of hydrogen-bond acceptors (Lipinski definition) is 4. The van der Waals surface area contributed by atoms with Gasteiger partial charge in [-0.3, -0.25) is 9.59 Å². The van der Waals surface area contributed by atoms with Gasteiger partial charge in [0.2, 0.25) is 5.91 Å². The van der Waals surface area contributed by atoms with E-state index in [0.717, 1.165) is 26.4 Å². The molecule has 0 fully saturated rings. The highest BCUT2D eigenvalue weighted by molar-refractivity contribution is 7.21. The number of nitrogens with zero attached hydrogens (tertiary/aromatic N) is 1. The molecule has 3 aromatic carbocycles. The summed E-state index contributed by atoms with van der Waals surface area (Å²) in [6.45, 7) is 0. The molecule has 148 valence electrons. The molecule has 0 radical (unpaired) electrons. The number of amides is 2. The Morgan fingerprint density at radius 3 is 2.37 bits per heavy atom. The number of rotatable bonds is 5. The van der Waals surface area contributed by atoms with Gasteiger partial charge in [0.15, 0.2) is 0 Å². The molecular weight excluding hydrogens is 394 g/mol. The van der Waals surface area contributed by atoms with E-state index in [1.807, 2.05) is 42.5 Å². The first-order valence-corrected chi connectivity index (χ1v) is 10.2. The van der Waals surface area contributed by atoms with Crippen molar-refractivity contribution in [1.82, 2.24) is 10.3 Å². The molecule has 4 aromatic rings. The van der Waals surface area contributed by atoms with E-state index in [1.54, 1.807) is 48.7 Å². The molecule has 0 aliphatic carbocycles. The van der Waals surface area contributed by atoms with Gasteiger partial charge in [-0.05, 0) is 60.2 Å². The third-order valence-corrected chi connectivity index (χ3v) is 5.61. The van der Waals surface area contributed by atoms with Crippen molar-refractivity contribution in [1.29, 1.82) is 0 Å². The average molecular weight is 414 g/mol. The van der Waals surface area contributed by atoms with Gasteiger partial charge in [0.25, 0.3) is 5.91 Å². The van der Waals surface area contributed by atoms with E-state index in [1.165, 1.54) is 6.08 Å². The van der Waals surface area contributed by atoms with Crippen molar-refractivity contribution in [3.05, 3.63) is 90.0 Å². The Labute approximate surface area is 178 Å². The van der Waals surface area contributed by atoms with Crippen LogP contribution in [-0.2, 0) is 4.79 Å². The van der Waals surface area contributed by atoms with Gasteiger partial charge in [-0.2, -0.15) is 0 Å². The van der Waals surface area contributed by atoms with Crippen LogP contribution in [0.1, 0.15) is 15.9 Å². The van der Waals surface area contributed by atoms with Gasteiger partial charge in [0.05, 0.1) is 10.2 Å². The zero-order valence-corrected chi connectivity index (χ0v) is 17.1. The van der Waals surface area contributed by atoms with Crippen LogP contribution in [0.25, 0.3) is 26.9 Å². The molecule has 2 N–H and O–H groups in total. The molecular formula is C24H19N3O2S. The monoisotopic (exact) mass is 413 g/mol. The number of carbonyl (C=O) groups excluding carboxylic acids is 2. The highest BCUT2D eigenvalue weighted by atomic mass is 32.1. The molecule has 0 aliphatic heterocycles. The van der Waals surface area contributed by atoms with Crippen LogP contribution in [0.2, 0.25) is 0 Å². The molecule has 1 heterocycles. The quantitative estimate of drug-likeness (QED) is 0.454. The number of nitrogens with one attached hydrogen (secondary N) is 2. The summed E-state index contributed by atoms with van der Waals surface area (Å²) in [6, 6.07) is 22.7. The molecule has 0 bridgehead atoms. The van der Waals surface area contributed by atoms with Gasteiger partial charge in [-0.15, -0.1) is 11.3 Å². The maximum atomic E-state index is 12.2. The largest absolute Gasteiger partial charge is 0.355 e. The topological polar surface area (TPSA) is 71.1 Å². The summed E-state index contributed by atoms with van der Waals surface area (Å²) in [5.74, 6) is -0.365. The third-order valence-electron chi connectivity index (χ3n) is 4.52. The Morgan fingerprint density at radius 2 is 1.67 bits per heavy atom. The fourth-order valence-electron chi connectivity index (χ4n) is 2.94. The van der Waals surface area contributed by atoms with Gasteiger partial charge in [-0.1, -0.05) is 24.3 Å². The number of carbonyl (C=O) groups is 2.